The topological polar surface area (TPSA) is 32.3 Å². The summed E-state index contributed by atoms with van der Waals surface area (Å²) in [5, 5.41) is 4.05. The Bertz CT molecular complexity index is 513. The number of aryl methyl sites for hydroxylation is 1. The summed E-state index contributed by atoms with van der Waals surface area (Å²) in [6.07, 6.45) is 2.30. The molecule has 2 fully saturated rings. The molecule has 5 heteroatoms. The number of amides is 1. The first-order chi connectivity index (χ1) is 9.10. The number of halogens is 2. The van der Waals surface area contributed by atoms with E-state index in [0.717, 1.165) is 43.7 Å². The number of carbonyl (C=O) groups is 1. The molecule has 1 unspecified atom stereocenters. The average Bonchev–Trinajstić information content (AvgIpc) is 3.03. The quantitative estimate of drug-likeness (QED) is 0.864. The normalized spacial score (nSPS) is 25.0. The van der Waals surface area contributed by atoms with Crippen molar-refractivity contribution in [1.82, 2.24) is 10.2 Å². The molecule has 3 nitrogen and oxygen atoms in total. The Morgan fingerprint density at radius 3 is 2.90 bits per heavy atom. The van der Waals surface area contributed by atoms with E-state index < -0.39 is 0 Å². The molecule has 2 aliphatic heterocycles. The van der Waals surface area contributed by atoms with Crippen LogP contribution in [0.2, 0.25) is 5.02 Å². The fourth-order valence-corrected chi connectivity index (χ4v) is 3.42. The van der Waals surface area contributed by atoms with E-state index in [1.807, 2.05) is 24.0 Å². The van der Waals surface area contributed by atoms with Gasteiger partial charge in [-0.05, 0) is 44.0 Å². The van der Waals surface area contributed by atoms with E-state index in [-0.39, 0.29) is 18.3 Å². The molecule has 2 heterocycles. The summed E-state index contributed by atoms with van der Waals surface area (Å²) in [5.41, 5.74) is 2.07. The van der Waals surface area contributed by atoms with Gasteiger partial charge in [0.25, 0.3) is 5.91 Å². The highest BCUT2D eigenvalue weighted by Gasteiger charge is 2.42. The number of rotatable bonds is 1. The van der Waals surface area contributed by atoms with Crippen molar-refractivity contribution in [3.63, 3.8) is 0 Å². The van der Waals surface area contributed by atoms with E-state index in [2.05, 4.69) is 5.32 Å². The standard InChI is InChI=1S/C15H19ClN2O.ClH/c1-11-2-3-12(16)8-13(11)14(19)18-7-5-15(10-18)4-6-17-9-15;/h2-3,8,17H,4-7,9-10H2,1H3;1H. The van der Waals surface area contributed by atoms with Gasteiger partial charge in [-0.15, -0.1) is 12.4 Å². The van der Waals surface area contributed by atoms with Crippen molar-refractivity contribution in [2.24, 2.45) is 5.41 Å². The zero-order valence-electron chi connectivity index (χ0n) is 11.6. The minimum atomic E-state index is 0. The van der Waals surface area contributed by atoms with Crippen molar-refractivity contribution >= 4 is 29.9 Å². The molecule has 2 aliphatic rings. The molecule has 0 bridgehead atoms. The summed E-state index contributed by atoms with van der Waals surface area (Å²) in [5.74, 6) is 0.128. The molecule has 0 saturated carbocycles. The molecule has 0 aromatic heterocycles. The van der Waals surface area contributed by atoms with Crippen molar-refractivity contribution in [2.45, 2.75) is 19.8 Å². The van der Waals surface area contributed by atoms with Gasteiger partial charge < -0.3 is 10.2 Å². The Morgan fingerprint density at radius 2 is 2.20 bits per heavy atom. The first-order valence-corrected chi connectivity index (χ1v) is 7.24. The monoisotopic (exact) mass is 314 g/mol. The van der Waals surface area contributed by atoms with E-state index >= 15 is 0 Å². The molecule has 1 aromatic rings. The van der Waals surface area contributed by atoms with Gasteiger partial charge in [0.1, 0.15) is 0 Å². The molecule has 20 heavy (non-hydrogen) atoms. The number of carbonyl (C=O) groups excluding carboxylic acids is 1. The third-order valence-corrected chi connectivity index (χ3v) is 4.72. The lowest BCUT2D eigenvalue weighted by Crippen LogP contribution is -2.33. The Kier molecular flexibility index (Phi) is 4.62. The lowest BCUT2D eigenvalue weighted by Gasteiger charge is -2.23. The Balaban J connectivity index is 0.00000147. The Labute approximate surface area is 131 Å². The number of hydrogen-bond donors (Lipinski definition) is 1. The van der Waals surface area contributed by atoms with Crippen molar-refractivity contribution in [3.05, 3.63) is 34.3 Å². The summed E-state index contributed by atoms with van der Waals surface area (Å²) in [4.78, 5) is 14.6. The second-order valence-electron chi connectivity index (χ2n) is 5.86. The maximum Gasteiger partial charge on any atom is 0.254 e. The molecule has 1 spiro atoms. The van der Waals surface area contributed by atoms with Crippen LogP contribution in [0, 0.1) is 12.3 Å². The van der Waals surface area contributed by atoms with Crippen LogP contribution in [-0.4, -0.2) is 37.0 Å². The average molecular weight is 315 g/mol. The molecule has 2 saturated heterocycles. The van der Waals surface area contributed by atoms with Gasteiger partial charge in [0.15, 0.2) is 0 Å². The highest BCUT2D eigenvalue weighted by Crippen LogP contribution is 2.36. The predicted molar refractivity (Wildman–Crippen MR) is 83.9 cm³/mol. The minimum Gasteiger partial charge on any atom is -0.338 e. The minimum absolute atomic E-state index is 0. The van der Waals surface area contributed by atoms with Crippen molar-refractivity contribution in [3.8, 4) is 0 Å². The molecular weight excluding hydrogens is 295 g/mol. The maximum absolute atomic E-state index is 12.6. The second-order valence-corrected chi connectivity index (χ2v) is 6.30. The van der Waals surface area contributed by atoms with Gasteiger partial charge in [0.2, 0.25) is 0 Å². The highest BCUT2D eigenvalue weighted by atomic mass is 35.5. The number of nitrogens with one attached hydrogen (secondary N) is 1. The third kappa shape index (κ3) is 2.80. The molecule has 110 valence electrons. The molecular formula is C15H20Cl2N2O. The molecule has 0 radical (unpaired) electrons. The van der Waals surface area contributed by atoms with Gasteiger partial charge in [-0.1, -0.05) is 17.7 Å². The van der Waals surface area contributed by atoms with Crippen LogP contribution in [0.1, 0.15) is 28.8 Å². The molecule has 1 aromatic carbocycles. The maximum atomic E-state index is 12.6. The van der Waals surface area contributed by atoms with Crippen molar-refractivity contribution < 1.29 is 4.79 Å². The van der Waals surface area contributed by atoms with E-state index in [1.165, 1.54) is 6.42 Å². The largest absolute Gasteiger partial charge is 0.338 e. The lowest BCUT2D eigenvalue weighted by molar-refractivity contribution is 0.0775. The van der Waals surface area contributed by atoms with Crippen LogP contribution in [0.4, 0.5) is 0 Å². The van der Waals surface area contributed by atoms with Crippen LogP contribution < -0.4 is 5.32 Å². The van der Waals surface area contributed by atoms with E-state index in [1.54, 1.807) is 6.07 Å². The first kappa shape index (κ1) is 15.6. The number of nitrogens with zero attached hydrogens (tertiary/aromatic N) is 1. The summed E-state index contributed by atoms with van der Waals surface area (Å²) < 4.78 is 0. The molecule has 1 atom stereocenters. The van der Waals surface area contributed by atoms with Crippen LogP contribution in [0.3, 0.4) is 0 Å². The number of hydrogen-bond acceptors (Lipinski definition) is 2. The zero-order chi connectivity index (χ0) is 13.5. The zero-order valence-corrected chi connectivity index (χ0v) is 13.2. The third-order valence-electron chi connectivity index (χ3n) is 4.49. The Morgan fingerprint density at radius 1 is 1.40 bits per heavy atom. The number of benzene rings is 1. The molecule has 1 amide bonds. The lowest BCUT2D eigenvalue weighted by atomic mass is 9.86. The smallest absolute Gasteiger partial charge is 0.254 e. The predicted octanol–water partition coefficient (Wildman–Crippen LogP) is 2.90. The van der Waals surface area contributed by atoms with Crippen LogP contribution in [-0.2, 0) is 0 Å². The van der Waals surface area contributed by atoms with E-state index in [4.69, 9.17) is 11.6 Å². The summed E-state index contributed by atoms with van der Waals surface area (Å²) in [6.45, 7) is 5.84. The SMILES string of the molecule is Cc1ccc(Cl)cc1C(=O)N1CCC2(CCNC2)C1.Cl. The van der Waals surface area contributed by atoms with Crippen molar-refractivity contribution in [1.29, 1.82) is 0 Å². The molecule has 0 aliphatic carbocycles. The van der Waals surface area contributed by atoms with Crippen LogP contribution in [0.25, 0.3) is 0 Å². The molecule has 1 N–H and O–H groups in total. The Hall–Kier alpha value is -0.770. The summed E-state index contributed by atoms with van der Waals surface area (Å²) in [6, 6.07) is 5.54. The fourth-order valence-electron chi connectivity index (χ4n) is 3.25. The van der Waals surface area contributed by atoms with E-state index in [0.29, 0.717) is 10.4 Å². The molecule has 3 rings (SSSR count). The van der Waals surface area contributed by atoms with Gasteiger partial charge in [-0.2, -0.15) is 0 Å². The van der Waals surface area contributed by atoms with Gasteiger partial charge in [-0.25, -0.2) is 0 Å². The van der Waals surface area contributed by atoms with Crippen LogP contribution in [0.5, 0.6) is 0 Å². The second kappa shape index (κ2) is 5.92. The summed E-state index contributed by atoms with van der Waals surface area (Å²) in [7, 11) is 0. The number of likely N-dealkylation sites (tertiary alicyclic amines) is 1. The van der Waals surface area contributed by atoms with Gasteiger partial charge in [-0.3, -0.25) is 4.79 Å². The van der Waals surface area contributed by atoms with Crippen LogP contribution >= 0.6 is 24.0 Å². The first-order valence-electron chi connectivity index (χ1n) is 6.86. The van der Waals surface area contributed by atoms with Gasteiger partial charge >= 0.3 is 0 Å². The van der Waals surface area contributed by atoms with E-state index in [9.17, 15) is 4.79 Å². The van der Waals surface area contributed by atoms with Gasteiger partial charge in [0, 0.05) is 35.6 Å². The van der Waals surface area contributed by atoms with Gasteiger partial charge in [0.05, 0.1) is 0 Å². The summed E-state index contributed by atoms with van der Waals surface area (Å²) >= 11 is 6.01. The van der Waals surface area contributed by atoms with Crippen molar-refractivity contribution in [2.75, 3.05) is 26.2 Å². The fraction of sp³-hybridized carbons (Fsp3) is 0.533. The highest BCUT2D eigenvalue weighted by molar-refractivity contribution is 6.31. The van der Waals surface area contributed by atoms with Crippen LogP contribution in [0.15, 0.2) is 18.2 Å².